The highest BCUT2D eigenvalue weighted by atomic mass is 32.1. The second-order valence-electron chi connectivity index (χ2n) is 7.27. The van der Waals surface area contributed by atoms with Gasteiger partial charge in [-0.15, -0.1) is 11.3 Å². The van der Waals surface area contributed by atoms with Crippen LogP contribution in [0.5, 0.6) is 0 Å². The molecule has 0 saturated heterocycles. The minimum Gasteiger partial charge on any atom is -0.449 e. The number of hydrogen-bond donors (Lipinski definition) is 3. The van der Waals surface area contributed by atoms with Crippen molar-refractivity contribution in [2.45, 2.75) is 39.4 Å². The van der Waals surface area contributed by atoms with Gasteiger partial charge in [0.2, 0.25) is 0 Å². The number of hydrogen-bond acceptors (Lipinski definition) is 7. The number of esters is 1. The fourth-order valence-corrected chi connectivity index (χ4v) is 3.04. The van der Waals surface area contributed by atoms with E-state index in [1.165, 1.54) is 25.1 Å². The number of thiophene rings is 1. The van der Waals surface area contributed by atoms with E-state index in [2.05, 4.69) is 10.6 Å². The summed E-state index contributed by atoms with van der Waals surface area (Å²) in [4.78, 5) is 47.9. The van der Waals surface area contributed by atoms with Crippen LogP contribution in [0.1, 0.15) is 48.4 Å². The molecular weight excluding hydrogens is 410 g/mol. The Labute approximate surface area is 177 Å². The van der Waals surface area contributed by atoms with Gasteiger partial charge >= 0.3 is 12.1 Å². The van der Waals surface area contributed by atoms with E-state index in [1.807, 2.05) is 0 Å². The first-order chi connectivity index (χ1) is 14.0. The lowest BCUT2D eigenvalue weighted by Gasteiger charge is -2.19. The van der Waals surface area contributed by atoms with E-state index >= 15 is 0 Å². The minimum atomic E-state index is -1.14. The SMILES string of the molecule is C[C@@H](OC(=O)c1cccc(NC(=O)OC(C)(C)C)c1)C(=O)Nc1sccc1C(N)=O. The smallest absolute Gasteiger partial charge is 0.412 e. The second kappa shape index (κ2) is 9.40. The van der Waals surface area contributed by atoms with E-state index in [9.17, 15) is 19.2 Å². The zero-order valence-electron chi connectivity index (χ0n) is 17.0. The van der Waals surface area contributed by atoms with Crippen LogP contribution in [0.25, 0.3) is 0 Å². The first-order valence-electron chi connectivity index (χ1n) is 8.95. The summed E-state index contributed by atoms with van der Waals surface area (Å²) < 4.78 is 10.3. The van der Waals surface area contributed by atoms with Gasteiger partial charge < -0.3 is 20.5 Å². The van der Waals surface area contributed by atoms with E-state index in [0.717, 1.165) is 11.3 Å². The van der Waals surface area contributed by atoms with E-state index in [1.54, 1.807) is 38.3 Å². The van der Waals surface area contributed by atoms with E-state index in [4.69, 9.17) is 15.2 Å². The van der Waals surface area contributed by atoms with Gasteiger partial charge in [0.05, 0.1) is 11.1 Å². The third-order valence-electron chi connectivity index (χ3n) is 3.56. The summed E-state index contributed by atoms with van der Waals surface area (Å²) in [6.07, 6.45) is -1.80. The Morgan fingerprint density at radius 3 is 2.43 bits per heavy atom. The molecule has 9 nitrogen and oxygen atoms in total. The molecule has 0 aliphatic heterocycles. The number of benzene rings is 1. The Bertz CT molecular complexity index is 963. The van der Waals surface area contributed by atoms with E-state index < -0.39 is 35.6 Å². The molecule has 0 unspecified atom stereocenters. The lowest BCUT2D eigenvalue weighted by Crippen LogP contribution is -2.30. The molecule has 3 amide bonds. The van der Waals surface area contributed by atoms with Crippen molar-refractivity contribution < 1.29 is 28.7 Å². The molecule has 1 atom stereocenters. The van der Waals surface area contributed by atoms with Gasteiger partial charge in [-0.3, -0.25) is 14.9 Å². The molecule has 10 heteroatoms. The molecule has 0 aliphatic carbocycles. The number of rotatable bonds is 6. The number of primary amides is 1. The molecule has 2 rings (SSSR count). The van der Waals surface area contributed by atoms with Gasteiger partial charge in [0.1, 0.15) is 10.6 Å². The van der Waals surface area contributed by atoms with Gasteiger partial charge in [-0.25, -0.2) is 9.59 Å². The van der Waals surface area contributed by atoms with Crippen LogP contribution < -0.4 is 16.4 Å². The fraction of sp³-hybridized carbons (Fsp3) is 0.300. The second-order valence-corrected chi connectivity index (χ2v) is 8.19. The maximum atomic E-state index is 12.4. The van der Waals surface area contributed by atoms with Crippen LogP contribution in [0.3, 0.4) is 0 Å². The van der Waals surface area contributed by atoms with Gasteiger partial charge in [-0.2, -0.15) is 0 Å². The van der Waals surface area contributed by atoms with E-state index in [-0.39, 0.29) is 16.1 Å². The molecule has 0 radical (unpaired) electrons. The van der Waals surface area contributed by atoms with Crippen molar-refractivity contribution >= 4 is 45.9 Å². The summed E-state index contributed by atoms with van der Waals surface area (Å²) in [5.41, 5.74) is 5.22. The molecule has 160 valence electrons. The van der Waals surface area contributed by atoms with Crippen molar-refractivity contribution in [2.24, 2.45) is 5.73 Å². The molecule has 30 heavy (non-hydrogen) atoms. The van der Waals surface area contributed by atoms with Crippen molar-refractivity contribution in [3.8, 4) is 0 Å². The number of carbonyl (C=O) groups excluding carboxylic acids is 4. The average Bonchev–Trinajstić information content (AvgIpc) is 3.08. The Morgan fingerprint density at radius 2 is 1.80 bits per heavy atom. The number of nitrogens with one attached hydrogen (secondary N) is 2. The zero-order chi connectivity index (χ0) is 22.5. The van der Waals surface area contributed by atoms with Crippen LogP contribution in [0.15, 0.2) is 35.7 Å². The maximum absolute atomic E-state index is 12.4. The van der Waals surface area contributed by atoms with Crippen LogP contribution in [0.4, 0.5) is 15.5 Å². The third kappa shape index (κ3) is 6.59. The van der Waals surface area contributed by atoms with Gasteiger partial charge in [0, 0.05) is 5.69 Å². The maximum Gasteiger partial charge on any atom is 0.412 e. The van der Waals surface area contributed by atoms with Crippen molar-refractivity contribution in [1.82, 2.24) is 0 Å². The number of amides is 3. The number of nitrogens with two attached hydrogens (primary N) is 1. The molecule has 1 aromatic heterocycles. The van der Waals surface area contributed by atoms with Gasteiger partial charge in [-0.05, 0) is 57.3 Å². The Kier molecular flexibility index (Phi) is 7.17. The normalized spacial score (nSPS) is 11.9. The van der Waals surface area contributed by atoms with Gasteiger partial charge in [0.15, 0.2) is 6.10 Å². The predicted octanol–water partition coefficient (Wildman–Crippen LogP) is 3.38. The largest absolute Gasteiger partial charge is 0.449 e. The summed E-state index contributed by atoms with van der Waals surface area (Å²) in [5, 5.41) is 6.92. The lowest BCUT2D eigenvalue weighted by molar-refractivity contribution is -0.123. The Hall–Kier alpha value is -3.40. The summed E-state index contributed by atoms with van der Waals surface area (Å²) >= 11 is 1.12. The molecule has 0 saturated carbocycles. The Balaban J connectivity index is 1.99. The molecule has 2 aromatic rings. The van der Waals surface area contributed by atoms with Crippen molar-refractivity contribution in [2.75, 3.05) is 10.6 Å². The first-order valence-corrected chi connectivity index (χ1v) is 9.83. The highest BCUT2D eigenvalue weighted by Crippen LogP contribution is 2.23. The summed E-state index contributed by atoms with van der Waals surface area (Å²) in [7, 11) is 0. The van der Waals surface area contributed by atoms with Crippen molar-refractivity contribution in [3.05, 3.63) is 46.8 Å². The monoisotopic (exact) mass is 433 g/mol. The van der Waals surface area contributed by atoms with Crippen LogP contribution >= 0.6 is 11.3 Å². The molecular formula is C20H23N3O6S. The molecule has 4 N–H and O–H groups in total. The number of carbonyl (C=O) groups is 4. The molecule has 1 heterocycles. The van der Waals surface area contributed by atoms with E-state index in [0.29, 0.717) is 5.69 Å². The molecule has 1 aromatic carbocycles. The standard InChI is InChI=1S/C20H23N3O6S/c1-11(16(25)23-17-14(15(21)24)8-9-30-17)28-18(26)12-6-5-7-13(10-12)22-19(27)29-20(2,3)4/h5-11H,1-4H3,(H2,21,24)(H,22,27)(H,23,25)/t11-/m1/s1. The van der Waals surface area contributed by atoms with Crippen LogP contribution in [0.2, 0.25) is 0 Å². The molecule has 0 bridgehead atoms. The summed E-state index contributed by atoms with van der Waals surface area (Å²) in [6.45, 7) is 6.59. The van der Waals surface area contributed by atoms with Crippen molar-refractivity contribution in [1.29, 1.82) is 0 Å². The zero-order valence-corrected chi connectivity index (χ0v) is 17.8. The third-order valence-corrected chi connectivity index (χ3v) is 4.39. The quantitative estimate of drug-likeness (QED) is 0.597. The first kappa shape index (κ1) is 22.9. The van der Waals surface area contributed by atoms with Crippen LogP contribution in [0, 0.1) is 0 Å². The topological polar surface area (TPSA) is 137 Å². The van der Waals surface area contributed by atoms with Crippen molar-refractivity contribution in [3.63, 3.8) is 0 Å². The van der Waals surface area contributed by atoms with Crippen LogP contribution in [-0.4, -0.2) is 35.6 Å². The summed E-state index contributed by atoms with van der Waals surface area (Å²) in [6, 6.07) is 7.51. The highest BCUT2D eigenvalue weighted by molar-refractivity contribution is 7.14. The average molecular weight is 433 g/mol. The van der Waals surface area contributed by atoms with Gasteiger partial charge in [-0.1, -0.05) is 6.07 Å². The number of anilines is 2. The molecule has 0 fully saturated rings. The highest BCUT2D eigenvalue weighted by Gasteiger charge is 2.22. The van der Waals surface area contributed by atoms with Crippen LogP contribution in [-0.2, 0) is 14.3 Å². The van der Waals surface area contributed by atoms with Gasteiger partial charge in [0.25, 0.3) is 11.8 Å². The minimum absolute atomic E-state index is 0.136. The molecule has 0 spiro atoms. The lowest BCUT2D eigenvalue weighted by atomic mass is 10.2. The fourth-order valence-electron chi connectivity index (χ4n) is 2.24. The summed E-state index contributed by atoms with van der Waals surface area (Å²) in [5.74, 6) is -2.05. The number of ether oxygens (including phenoxy) is 2. The Morgan fingerprint density at radius 1 is 1.10 bits per heavy atom. The molecule has 0 aliphatic rings. The predicted molar refractivity (Wildman–Crippen MR) is 113 cm³/mol.